The molecule has 7 nitrogen and oxygen atoms in total. The largest absolute Gasteiger partial charge is 0.345 e. The molecule has 0 spiro atoms. The van der Waals surface area contributed by atoms with Crippen molar-refractivity contribution >= 4 is 29.3 Å². The van der Waals surface area contributed by atoms with E-state index >= 15 is 0 Å². The van der Waals surface area contributed by atoms with Crippen molar-refractivity contribution in [3.8, 4) is 5.69 Å². The lowest BCUT2D eigenvalue weighted by molar-refractivity contribution is -0.113. The van der Waals surface area contributed by atoms with Gasteiger partial charge in [-0.25, -0.2) is 0 Å². The minimum Gasteiger partial charge on any atom is -0.345 e. The van der Waals surface area contributed by atoms with Gasteiger partial charge in [0.2, 0.25) is 5.91 Å². The number of hydrogen-bond acceptors (Lipinski definition) is 5. The molecule has 2 N–H and O–H groups in total. The number of hydrogen-bond donors (Lipinski definition) is 2. The molecular weight excluding hydrogens is 458 g/mol. The summed E-state index contributed by atoms with van der Waals surface area (Å²) in [4.78, 5) is 25.8. The maximum absolute atomic E-state index is 13.0. The summed E-state index contributed by atoms with van der Waals surface area (Å²) in [5.41, 5.74) is 3.95. The normalized spacial score (nSPS) is 11.6. The Morgan fingerprint density at radius 2 is 1.60 bits per heavy atom. The molecule has 0 radical (unpaired) electrons. The second-order valence-electron chi connectivity index (χ2n) is 8.14. The third-order valence-electron chi connectivity index (χ3n) is 5.58. The van der Waals surface area contributed by atoms with E-state index < -0.39 is 0 Å². The van der Waals surface area contributed by atoms with E-state index in [1.165, 1.54) is 11.8 Å². The predicted octanol–water partition coefficient (Wildman–Crippen LogP) is 5.11. The van der Waals surface area contributed by atoms with Crippen LogP contribution in [-0.2, 0) is 4.79 Å². The molecule has 178 valence electrons. The third-order valence-corrected chi connectivity index (χ3v) is 6.51. The summed E-state index contributed by atoms with van der Waals surface area (Å²) < 4.78 is 1.94. The van der Waals surface area contributed by atoms with Gasteiger partial charge < -0.3 is 10.6 Å². The van der Waals surface area contributed by atoms with Crippen LogP contribution < -0.4 is 10.6 Å². The number of aromatic nitrogens is 3. The minimum absolute atomic E-state index is 0.125. The van der Waals surface area contributed by atoms with Crippen LogP contribution in [-0.4, -0.2) is 32.3 Å². The van der Waals surface area contributed by atoms with E-state index in [0.29, 0.717) is 16.4 Å². The smallest absolute Gasteiger partial charge is 0.253 e. The number of aryl methyl sites for hydroxylation is 2. The zero-order valence-electron chi connectivity index (χ0n) is 19.9. The number of nitrogens with zero attached hydrogens (tertiary/aromatic N) is 3. The van der Waals surface area contributed by atoms with Crippen LogP contribution >= 0.6 is 11.8 Å². The molecule has 0 bridgehead atoms. The monoisotopic (exact) mass is 485 g/mol. The first-order valence-electron chi connectivity index (χ1n) is 11.3. The van der Waals surface area contributed by atoms with E-state index in [1.54, 1.807) is 24.3 Å². The van der Waals surface area contributed by atoms with Crippen molar-refractivity contribution in [3.63, 3.8) is 0 Å². The fourth-order valence-corrected chi connectivity index (χ4v) is 4.52. The molecule has 35 heavy (non-hydrogen) atoms. The molecule has 4 aromatic rings. The molecule has 1 heterocycles. The minimum atomic E-state index is -0.250. The second-order valence-corrected chi connectivity index (χ2v) is 9.08. The molecule has 0 unspecified atom stereocenters. The lowest BCUT2D eigenvalue weighted by Crippen LogP contribution is -2.28. The van der Waals surface area contributed by atoms with Gasteiger partial charge in [-0.05, 0) is 50.1 Å². The van der Waals surface area contributed by atoms with Crippen molar-refractivity contribution in [1.29, 1.82) is 0 Å². The number of anilines is 1. The number of thioether (sulfide) groups is 1. The van der Waals surface area contributed by atoms with Crippen LogP contribution in [0.25, 0.3) is 5.69 Å². The van der Waals surface area contributed by atoms with Crippen molar-refractivity contribution in [3.05, 3.63) is 101 Å². The van der Waals surface area contributed by atoms with E-state index in [-0.39, 0.29) is 23.6 Å². The molecule has 3 aromatic carbocycles. The number of nitrogens with one attached hydrogen (secondary N) is 2. The van der Waals surface area contributed by atoms with Crippen LogP contribution in [0, 0.1) is 13.8 Å². The molecular formula is C27H27N5O2S. The SMILES string of the molecule is Cc1ccccc1-n1c(C)nnc1SCC(=O)Nc1ccccc1C(=O)N[C@@H](C)c1ccccc1. The van der Waals surface area contributed by atoms with Gasteiger partial charge in [-0.3, -0.25) is 14.2 Å². The highest BCUT2D eigenvalue weighted by atomic mass is 32.2. The Hall–Kier alpha value is -3.91. The third kappa shape index (κ3) is 5.78. The summed E-state index contributed by atoms with van der Waals surface area (Å²) >= 11 is 1.30. The highest BCUT2D eigenvalue weighted by molar-refractivity contribution is 7.99. The highest BCUT2D eigenvalue weighted by Crippen LogP contribution is 2.24. The molecule has 0 saturated carbocycles. The zero-order chi connectivity index (χ0) is 24.8. The molecule has 0 saturated heterocycles. The number of amides is 2. The van der Waals surface area contributed by atoms with Crippen molar-refractivity contribution in [2.24, 2.45) is 0 Å². The van der Waals surface area contributed by atoms with Crippen LogP contribution in [0.1, 0.15) is 40.3 Å². The standard InChI is InChI=1S/C27H27N5O2S/c1-18-11-7-10-16-24(18)32-20(3)30-31-27(32)35-17-25(33)29-23-15-9-8-14-22(23)26(34)28-19(2)21-12-5-4-6-13-21/h4-16,19H,17H2,1-3H3,(H,28,34)(H,29,33)/t19-/m0/s1. The number of para-hydroxylation sites is 2. The topological polar surface area (TPSA) is 88.9 Å². The van der Waals surface area contributed by atoms with Crippen LogP contribution in [0.2, 0.25) is 0 Å². The Morgan fingerprint density at radius 3 is 2.37 bits per heavy atom. The predicted molar refractivity (Wildman–Crippen MR) is 139 cm³/mol. The van der Waals surface area contributed by atoms with E-state index in [0.717, 1.165) is 22.6 Å². The fraction of sp³-hybridized carbons (Fsp3) is 0.185. The summed E-state index contributed by atoms with van der Waals surface area (Å²) in [6.07, 6.45) is 0. The lowest BCUT2D eigenvalue weighted by Gasteiger charge is -2.16. The summed E-state index contributed by atoms with van der Waals surface area (Å²) in [5.74, 6) is 0.389. The van der Waals surface area contributed by atoms with Gasteiger partial charge in [0.1, 0.15) is 5.82 Å². The molecule has 0 aliphatic rings. The molecule has 0 fully saturated rings. The van der Waals surface area contributed by atoms with Crippen molar-refractivity contribution < 1.29 is 9.59 Å². The zero-order valence-corrected chi connectivity index (χ0v) is 20.7. The van der Waals surface area contributed by atoms with Crippen LogP contribution in [0.15, 0.2) is 84.0 Å². The second kappa shape index (κ2) is 11.0. The van der Waals surface area contributed by atoms with Gasteiger partial charge in [0, 0.05) is 0 Å². The van der Waals surface area contributed by atoms with Gasteiger partial charge in [0.25, 0.3) is 5.91 Å². The van der Waals surface area contributed by atoms with Crippen LogP contribution in [0.5, 0.6) is 0 Å². The summed E-state index contributed by atoms with van der Waals surface area (Å²) in [7, 11) is 0. The Morgan fingerprint density at radius 1 is 0.914 bits per heavy atom. The maximum Gasteiger partial charge on any atom is 0.253 e. The van der Waals surface area contributed by atoms with Crippen molar-refractivity contribution in [2.45, 2.75) is 32.0 Å². The highest BCUT2D eigenvalue weighted by Gasteiger charge is 2.18. The lowest BCUT2D eigenvalue weighted by atomic mass is 10.1. The van der Waals surface area contributed by atoms with Gasteiger partial charge >= 0.3 is 0 Å². The Bertz CT molecular complexity index is 1340. The Balaban J connectivity index is 1.43. The first kappa shape index (κ1) is 24.2. The molecule has 2 amide bonds. The Labute approximate surface area is 209 Å². The molecule has 8 heteroatoms. The van der Waals surface area contributed by atoms with Gasteiger partial charge in [0.15, 0.2) is 5.16 Å². The molecule has 4 rings (SSSR count). The van der Waals surface area contributed by atoms with Gasteiger partial charge in [-0.15, -0.1) is 10.2 Å². The molecule has 0 aliphatic heterocycles. The van der Waals surface area contributed by atoms with Crippen molar-refractivity contribution in [1.82, 2.24) is 20.1 Å². The number of rotatable bonds is 8. The van der Waals surface area contributed by atoms with E-state index in [2.05, 4.69) is 20.8 Å². The average Bonchev–Trinajstić information content (AvgIpc) is 3.23. The number of carbonyl (C=O) groups excluding carboxylic acids is 2. The number of carbonyl (C=O) groups is 2. The molecule has 1 atom stereocenters. The van der Waals surface area contributed by atoms with Gasteiger partial charge in [0.05, 0.1) is 28.7 Å². The molecule has 1 aromatic heterocycles. The van der Waals surface area contributed by atoms with Gasteiger partial charge in [-0.1, -0.05) is 72.4 Å². The quantitative estimate of drug-likeness (QED) is 0.339. The molecule has 0 aliphatic carbocycles. The first-order chi connectivity index (χ1) is 16.9. The number of benzene rings is 3. The van der Waals surface area contributed by atoms with E-state index in [4.69, 9.17) is 0 Å². The summed E-state index contributed by atoms with van der Waals surface area (Å²) in [6.45, 7) is 5.84. The van der Waals surface area contributed by atoms with Crippen LogP contribution in [0.4, 0.5) is 5.69 Å². The van der Waals surface area contributed by atoms with Gasteiger partial charge in [-0.2, -0.15) is 0 Å². The summed E-state index contributed by atoms with van der Waals surface area (Å²) in [5, 5.41) is 15.0. The fourth-order valence-electron chi connectivity index (χ4n) is 3.73. The first-order valence-corrected chi connectivity index (χ1v) is 12.3. The average molecular weight is 486 g/mol. The summed E-state index contributed by atoms with van der Waals surface area (Å²) in [6, 6.07) is 24.5. The van der Waals surface area contributed by atoms with Crippen molar-refractivity contribution in [2.75, 3.05) is 11.1 Å². The Kier molecular flexibility index (Phi) is 7.62. The van der Waals surface area contributed by atoms with E-state index in [1.807, 2.05) is 79.9 Å². The van der Waals surface area contributed by atoms with Crippen LogP contribution in [0.3, 0.4) is 0 Å². The maximum atomic E-state index is 13.0. The van der Waals surface area contributed by atoms with E-state index in [9.17, 15) is 9.59 Å².